The summed E-state index contributed by atoms with van der Waals surface area (Å²) in [4.78, 5) is 4.54. The molecule has 0 saturated heterocycles. The summed E-state index contributed by atoms with van der Waals surface area (Å²) in [5.41, 5.74) is 3.14. The summed E-state index contributed by atoms with van der Waals surface area (Å²) < 4.78 is 33.1. The lowest BCUT2D eigenvalue weighted by atomic mass is 10.1. The van der Waals surface area contributed by atoms with Crippen molar-refractivity contribution in [3.05, 3.63) is 70.2 Å². The molecule has 0 aliphatic carbocycles. The second-order valence-electron chi connectivity index (χ2n) is 6.73. The van der Waals surface area contributed by atoms with E-state index in [2.05, 4.69) is 17.2 Å². The van der Waals surface area contributed by atoms with Gasteiger partial charge in [0.05, 0.1) is 12.3 Å². The van der Waals surface area contributed by atoms with Gasteiger partial charge in [0.2, 0.25) is 0 Å². The van der Waals surface area contributed by atoms with E-state index in [1.54, 1.807) is 25.1 Å². The zero-order valence-electron chi connectivity index (χ0n) is 16.1. The summed E-state index contributed by atoms with van der Waals surface area (Å²) in [6.07, 6.45) is 3.72. The van der Waals surface area contributed by atoms with Crippen LogP contribution in [0.2, 0.25) is 0 Å². The van der Waals surface area contributed by atoms with E-state index < -0.39 is 0 Å². The summed E-state index contributed by atoms with van der Waals surface area (Å²) in [7, 11) is 0. The van der Waals surface area contributed by atoms with E-state index in [0.29, 0.717) is 29.4 Å². The third-order valence-electron chi connectivity index (χ3n) is 4.35. The molecule has 0 spiro atoms. The average molecular weight is 403 g/mol. The molecule has 0 aliphatic rings. The highest BCUT2D eigenvalue weighted by molar-refractivity contribution is 7.13. The van der Waals surface area contributed by atoms with Crippen LogP contribution in [-0.2, 0) is 6.42 Å². The minimum absolute atomic E-state index is 0.204. The number of hydrogen-bond acceptors (Lipinski definition) is 4. The Kier molecular flexibility index (Phi) is 6.98. The van der Waals surface area contributed by atoms with E-state index in [0.717, 1.165) is 30.5 Å². The zero-order valence-corrected chi connectivity index (χ0v) is 16.9. The lowest BCUT2D eigenvalue weighted by Crippen LogP contribution is -2.00. The van der Waals surface area contributed by atoms with Crippen molar-refractivity contribution < 1.29 is 13.5 Å². The molecular formula is C22H24F2N2OS. The van der Waals surface area contributed by atoms with Crippen molar-refractivity contribution in [2.45, 2.75) is 39.5 Å². The number of unbranched alkanes of at least 4 members (excludes halogenated alkanes) is 2. The molecule has 6 heteroatoms. The van der Waals surface area contributed by atoms with Crippen LogP contribution in [0, 0.1) is 18.6 Å². The van der Waals surface area contributed by atoms with Gasteiger partial charge >= 0.3 is 0 Å². The number of nitrogens with zero attached hydrogens (tertiary/aromatic N) is 1. The van der Waals surface area contributed by atoms with Crippen LogP contribution in [0.1, 0.15) is 43.0 Å². The van der Waals surface area contributed by atoms with Gasteiger partial charge in [-0.2, -0.15) is 0 Å². The molecule has 0 aliphatic heterocycles. The Bertz CT molecular complexity index is 927. The van der Waals surface area contributed by atoms with Crippen molar-refractivity contribution in [2.75, 3.05) is 11.9 Å². The van der Waals surface area contributed by atoms with Gasteiger partial charge in [-0.1, -0.05) is 31.9 Å². The first-order valence-electron chi connectivity index (χ1n) is 9.44. The van der Waals surface area contributed by atoms with Crippen LogP contribution in [0.4, 0.5) is 19.6 Å². The van der Waals surface area contributed by atoms with Crippen LogP contribution in [0.15, 0.2) is 41.8 Å². The number of hydrogen-bond donors (Lipinski definition) is 1. The van der Waals surface area contributed by atoms with E-state index in [1.165, 1.54) is 23.5 Å². The van der Waals surface area contributed by atoms with E-state index >= 15 is 0 Å². The Morgan fingerprint density at radius 1 is 1.07 bits per heavy atom. The maximum atomic E-state index is 14.2. The Balaban J connectivity index is 1.59. The van der Waals surface area contributed by atoms with Gasteiger partial charge in [0.1, 0.15) is 5.82 Å². The van der Waals surface area contributed by atoms with Crippen LogP contribution in [0.3, 0.4) is 0 Å². The van der Waals surface area contributed by atoms with Crippen molar-refractivity contribution >= 4 is 22.2 Å². The molecule has 3 aromatic rings. The molecule has 0 atom stereocenters. The molecular weight excluding hydrogens is 378 g/mol. The Labute approximate surface area is 168 Å². The van der Waals surface area contributed by atoms with Crippen molar-refractivity contribution in [3.8, 4) is 5.75 Å². The summed E-state index contributed by atoms with van der Waals surface area (Å²) in [6, 6.07) is 9.91. The molecule has 0 unspecified atom stereocenters. The SMILES string of the molecule is CCCCCOc1ccc(Nc2nc(Cc3ccc(F)c(C)c3)cs2)cc1F. The van der Waals surface area contributed by atoms with Crippen molar-refractivity contribution in [2.24, 2.45) is 0 Å². The predicted octanol–water partition coefficient (Wildman–Crippen LogP) is 6.63. The van der Waals surface area contributed by atoms with E-state index in [4.69, 9.17) is 4.74 Å². The Morgan fingerprint density at radius 2 is 1.93 bits per heavy atom. The average Bonchev–Trinajstić information content (AvgIpc) is 3.10. The third-order valence-corrected chi connectivity index (χ3v) is 5.15. The number of anilines is 2. The van der Waals surface area contributed by atoms with E-state index in [9.17, 15) is 8.78 Å². The second-order valence-corrected chi connectivity index (χ2v) is 7.59. The number of ether oxygens (including phenoxy) is 1. The molecule has 148 valence electrons. The van der Waals surface area contributed by atoms with Crippen molar-refractivity contribution in [3.63, 3.8) is 0 Å². The Hall–Kier alpha value is -2.47. The molecule has 1 aromatic heterocycles. The van der Waals surface area contributed by atoms with Gasteiger partial charge in [-0.15, -0.1) is 11.3 Å². The number of benzene rings is 2. The highest BCUT2D eigenvalue weighted by Crippen LogP contribution is 2.26. The molecule has 1 heterocycles. The number of thiazole rings is 1. The van der Waals surface area contributed by atoms with Crippen LogP contribution in [0.25, 0.3) is 0 Å². The highest BCUT2D eigenvalue weighted by atomic mass is 32.1. The summed E-state index contributed by atoms with van der Waals surface area (Å²) >= 11 is 1.45. The van der Waals surface area contributed by atoms with Gasteiger partial charge in [0.25, 0.3) is 0 Å². The van der Waals surface area contributed by atoms with Crippen LogP contribution < -0.4 is 10.1 Å². The Morgan fingerprint density at radius 3 is 2.68 bits per heavy atom. The van der Waals surface area contributed by atoms with Gasteiger partial charge < -0.3 is 10.1 Å². The fourth-order valence-corrected chi connectivity index (χ4v) is 3.56. The number of nitrogens with one attached hydrogen (secondary N) is 1. The van der Waals surface area contributed by atoms with Gasteiger partial charge in [-0.25, -0.2) is 13.8 Å². The monoisotopic (exact) mass is 402 g/mol. The molecule has 0 fully saturated rings. The topological polar surface area (TPSA) is 34.1 Å². The molecule has 0 saturated carbocycles. The fourth-order valence-electron chi connectivity index (χ4n) is 2.82. The lowest BCUT2D eigenvalue weighted by molar-refractivity contribution is 0.291. The minimum atomic E-state index is -0.389. The van der Waals surface area contributed by atoms with Gasteiger partial charge in [0.15, 0.2) is 16.7 Å². The summed E-state index contributed by atoms with van der Waals surface area (Å²) in [5, 5.41) is 5.76. The largest absolute Gasteiger partial charge is 0.491 e. The zero-order chi connectivity index (χ0) is 19.9. The molecule has 0 amide bonds. The summed E-state index contributed by atoms with van der Waals surface area (Å²) in [6.45, 7) is 4.39. The van der Waals surface area contributed by atoms with Crippen LogP contribution >= 0.6 is 11.3 Å². The lowest BCUT2D eigenvalue weighted by Gasteiger charge is -2.09. The molecule has 28 heavy (non-hydrogen) atoms. The van der Waals surface area contributed by atoms with Gasteiger partial charge in [-0.3, -0.25) is 0 Å². The summed E-state index contributed by atoms with van der Waals surface area (Å²) in [5.74, 6) is -0.322. The van der Waals surface area contributed by atoms with Crippen molar-refractivity contribution in [1.29, 1.82) is 0 Å². The quantitative estimate of drug-likeness (QED) is 0.408. The molecule has 3 nitrogen and oxygen atoms in total. The maximum Gasteiger partial charge on any atom is 0.187 e. The number of rotatable bonds is 9. The first kappa shape index (κ1) is 20.3. The van der Waals surface area contributed by atoms with E-state index in [-0.39, 0.29) is 17.4 Å². The molecule has 0 radical (unpaired) electrons. The fraction of sp³-hybridized carbons (Fsp3) is 0.318. The van der Waals surface area contributed by atoms with Crippen molar-refractivity contribution in [1.82, 2.24) is 4.98 Å². The molecule has 3 rings (SSSR count). The normalized spacial score (nSPS) is 10.9. The maximum absolute atomic E-state index is 14.2. The van der Waals surface area contributed by atoms with E-state index in [1.807, 2.05) is 11.4 Å². The molecule has 2 aromatic carbocycles. The molecule has 1 N–H and O–H groups in total. The number of aryl methyl sites for hydroxylation is 1. The first-order valence-corrected chi connectivity index (χ1v) is 10.3. The minimum Gasteiger partial charge on any atom is -0.491 e. The number of halogens is 2. The molecule has 0 bridgehead atoms. The second kappa shape index (κ2) is 9.64. The third kappa shape index (κ3) is 5.52. The standard InChI is InChI=1S/C22H24F2N2OS/c1-3-4-5-10-27-21-9-7-17(13-20(21)24)25-22-26-18(14-28-22)12-16-6-8-19(23)15(2)11-16/h6-9,11,13-14H,3-5,10,12H2,1-2H3,(H,25,26). The number of aromatic nitrogens is 1. The highest BCUT2D eigenvalue weighted by Gasteiger charge is 2.08. The van der Waals surface area contributed by atoms with Crippen LogP contribution in [-0.4, -0.2) is 11.6 Å². The first-order chi connectivity index (χ1) is 13.5. The van der Waals surface area contributed by atoms with Crippen LogP contribution in [0.5, 0.6) is 5.75 Å². The van der Waals surface area contributed by atoms with Gasteiger partial charge in [-0.05, 0) is 42.7 Å². The van der Waals surface area contributed by atoms with Gasteiger partial charge in [0, 0.05) is 23.6 Å². The smallest absolute Gasteiger partial charge is 0.187 e. The predicted molar refractivity (Wildman–Crippen MR) is 111 cm³/mol.